The quantitative estimate of drug-likeness (QED) is 0.0407. The second kappa shape index (κ2) is 24.7. The highest BCUT2D eigenvalue weighted by molar-refractivity contribution is 5.83. The molecule has 0 spiro atoms. The van der Waals surface area contributed by atoms with Crippen LogP contribution in [0.1, 0.15) is 118 Å². The van der Waals surface area contributed by atoms with Crippen LogP contribution in [0.3, 0.4) is 0 Å². The largest absolute Gasteiger partial charge is 0.481 e. The van der Waals surface area contributed by atoms with Crippen LogP contribution in [0.5, 0.6) is 0 Å². The number of carboxylic acids is 4. The first kappa shape index (κ1) is 46.7. The van der Waals surface area contributed by atoms with E-state index in [0.717, 1.165) is 6.42 Å². The maximum atomic E-state index is 13.0. The number of aliphatic carboxylic acids is 4. The molecule has 16 nitrogen and oxygen atoms in total. The van der Waals surface area contributed by atoms with Gasteiger partial charge in [0.1, 0.15) is 12.2 Å². The summed E-state index contributed by atoms with van der Waals surface area (Å²) in [5.41, 5.74) is 5.63. The van der Waals surface area contributed by atoms with Crippen LogP contribution in [0, 0.1) is 23.7 Å². The lowest BCUT2D eigenvalue weighted by Gasteiger charge is -2.33. The van der Waals surface area contributed by atoms with Crippen LogP contribution in [0.2, 0.25) is 0 Å². The van der Waals surface area contributed by atoms with Crippen molar-refractivity contribution in [2.45, 2.75) is 154 Å². The lowest BCUT2D eigenvalue weighted by molar-refractivity contribution is -0.177. The molecule has 0 aromatic rings. The zero-order valence-electron chi connectivity index (χ0n) is 29.6. The van der Waals surface area contributed by atoms with Crippen molar-refractivity contribution in [3.8, 4) is 0 Å². The molecule has 0 rings (SSSR count). The summed E-state index contributed by atoms with van der Waals surface area (Å²) < 4.78 is 11.4. The Hall–Kier alpha value is -3.34. The van der Waals surface area contributed by atoms with Gasteiger partial charge >= 0.3 is 35.8 Å². The average Bonchev–Trinajstić information content (AvgIpc) is 2.99. The monoisotopic (exact) mass is 721 g/mol. The zero-order valence-corrected chi connectivity index (χ0v) is 29.6. The Morgan fingerprint density at radius 3 is 1.50 bits per heavy atom. The number of aliphatic hydroxyl groups is 3. The first-order chi connectivity index (χ1) is 23.3. The molecule has 0 amide bonds. The summed E-state index contributed by atoms with van der Waals surface area (Å²) in [5.74, 6) is -12.0. The minimum Gasteiger partial charge on any atom is -0.481 e. The number of carbonyl (C=O) groups is 6. The lowest BCUT2D eigenvalue weighted by atomic mass is 9.87. The van der Waals surface area contributed by atoms with Gasteiger partial charge in [0.15, 0.2) is 0 Å². The summed E-state index contributed by atoms with van der Waals surface area (Å²) in [6, 6.07) is -0.476. The number of aliphatic hydroxyl groups excluding tert-OH is 3. The number of rotatable bonds is 29. The number of carboxylic acid groups (broad SMARTS) is 4. The molecule has 2 unspecified atom stereocenters. The molecule has 10 atom stereocenters. The normalized spacial score (nSPS) is 17.5. The van der Waals surface area contributed by atoms with E-state index in [9.17, 15) is 54.3 Å². The Kier molecular flexibility index (Phi) is 23.1. The van der Waals surface area contributed by atoms with Gasteiger partial charge in [0.05, 0.1) is 55.8 Å². The molecular weight excluding hydrogens is 662 g/mol. The van der Waals surface area contributed by atoms with Gasteiger partial charge in [-0.1, -0.05) is 46.5 Å². The summed E-state index contributed by atoms with van der Waals surface area (Å²) in [6.45, 7) is 7.06. The number of ether oxygens (including phenoxy) is 2. The molecule has 50 heavy (non-hydrogen) atoms. The van der Waals surface area contributed by atoms with Crippen LogP contribution in [-0.2, 0) is 38.2 Å². The highest BCUT2D eigenvalue weighted by Gasteiger charge is 2.37. The fourth-order valence-corrected chi connectivity index (χ4v) is 5.68. The molecule has 0 aromatic carbocycles. The van der Waals surface area contributed by atoms with E-state index in [1.165, 1.54) is 0 Å². The van der Waals surface area contributed by atoms with Gasteiger partial charge in [0.25, 0.3) is 0 Å². The van der Waals surface area contributed by atoms with Crippen molar-refractivity contribution in [3.63, 3.8) is 0 Å². The van der Waals surface area contributed by atoms with Crippen LogP contribution < -0.4 is 5.73 Å². The van der Waals surface area contributed by atoms with Crippen LogP contribution in [-0.4, -0.2) is 108 Å². The second-order valence-electron chi connectivity index (χ2n) is 13.6. The SMILES string of the molecule is CCCC[C@@H](C)C(OC(=O)C[C@@H](CC(=O)O)C(=O)O)C(C[C@@H](C)C[C@H](O)CCCC[C@@H](O)C[C@H](O)[C@H](C)N)OC(=O)C[C@@H](CC(=O)O)C(=O)O. The Bertz CT molecular complexity index is 1070. The van der Waals surface area contributed by atoms with Crippen LogP contribution >= 0.6 is 0 Å². The Balaban J connectivity index is 5.98. The van der Waals surface area contributed by atoms with E-state index in [0.29, 0.717) is 38.5 Å². The van der Waals surface area contributed by atoms with E-state index in [2.05, 4.69) is 0 Å². The standard InChI is InChI=1S/C34H59NO15/c1-5-6-9-20(3)32(50-31(44)17-23(34(47)48)15-29(41)42)27(49-30(43)16-22(33(45)46)14-28(39)40)13-19(2)12-24(36)10-7-8-11-25(37)18-26(38)21(4)35/h19-27,32,36-38H,5-18,35H2,1-4H3,(H,39,40)(H,41,42)(H,45,46)(H,47,48)/t19-,20+,21-,22+,23+,24+,25+,26-,27?,32?/m0/s1. The number of nitrogens with two attached hydrogens (primary N) is 1. The van der Waals surface area contributed by atoms with Crippen molar-refractivity contribution >= 4 is 35.8 Å². The summed E-state index contributed by atoms with van der Waals surface area (Å²) in [5, 5.41) is 67.8. The molecule has 0 aliphatic heterocycles. The molecule has 0 bridgehead atoms. The van der Waals surface area contributed by atoms with Crippen molar-refractivity contribution in [1.82, 2.24) is 0 Å². The third-order valence-corrected chi connectivity index (χ3v) is 8.61. The molecule has 0 heterocycles. The molecule has 9 N–H and O–H groups in total. The lowest BCUT2D eigenvalue weighted by Crippen LogP contribution is -2.42. The van der Waals surface area contributed by atoms with Crippen molar-refractivity contribution in [3.05, 3.63) is 0 Å². The number of carbonyl (C=O) groups excluding carboxylic acids is 2. The third-order valence-electron chi connectivity index (χ3n) is 8.61. The molecule has 290 valence electrons. The van der Waals surface area contributed by atoms with Gasteiger partial charge in [-0.2, -0.15) is 0 Å². The van der Waals surface area contributed by atoms with Crippen LogP contribution in [0.25, 0.3) is 0 Å². The van der Waals surface area contributed by atoms with E-state index >= 15 is 0 Å². The van der Waals surface area contributed by atoms with Gasteiger partial charge < -0.3 is 51.0 Å². The molecule has 0 aliphatic carbocycles. The van der Waals surface area contributed by atoms with E-state index in [1.54, 1.807) is 20.8 Å². The number of hydrogen-bond donors (Lipinski definition) is 8. The molecule has 16 heteroatoms. The highest BCUT2D eigenvalue weighted by atomic mass is 16.6. The molecule has 0 saturated heterocycles. The highest BCUT2D eigenvalue weighted by Crippen LogP contribution is 2.29. The maximum absolute atomic E-state index is 13.0. The molecule has 0 saturated carbocycles. The molecule has 0 fully saturated rings. The number of esters is 2. The fraction of sp³-hybridized carbons (Fsp3) is 0.824. The minimum atomic E-state index is -1.59. The Morgan fingerprint density at radius 1 is 0.620 bits per heavy atom. The van der Waals surface area contributed by atoms with E-state index in [1.807, 2.05) is 6.92 Å². The summed E-state index contributed by atoms with van der Waals surface area (Å²) in [7, 11) is 0. The van der Waals surface area contributed by atoms with Crippen LogP contribution in [0.15, 0.2) is 0 Å². The van der Waals surface area contributed by atoms with E-state index in [4.69, 9.17) is 25.4 Å². The van der Waals surface area contributed by atoms with Gasteiger partial charge in [-0.3, -0.25) is 28.8 Å². The topological polar surface area (TPSA) is 289 Å². The fourth-order valence-electron chi connectivity index (χ4n) is 5.68. The molecule has 0 aliphatic rings. The Labute approximate surface area is 293 Å². The van der Waals surface area contributed by atoms with Crippen LogP contribution in [0.4, 0.5) is 0 Å². The minimum absolute atomic E-state index is 0.0270. The first-order valence-electron chi connectivity index (χ1n) is 17.3. The van der Waals surface area contributed by atoms with Gasteiger partial charge in [0, 0.05) is 12.5 Å². The average molecular weight is 722 g/mol. The molecule has 0 radical (unpaired) electrons. The van der Waals surface area contributed by atoms with E-state index in [-0.39, 0.29) is 25.2 Å². The first-order valence-corrected chi connectivity index (χ1v) is 17.3. The van der Waals surface area contributed by atoms with Crippen molar-refractivity contribution in [1.29, 1.82) is 0 Å². The smallest absolute Gasteiger partial charge is 0.307 e. The summed E-state index contributed by atoms with van der Waals surface area (Å²) >= 11 is 0. The number of hydrogen-bond acceptors (Lipinski definition) is 12. The summed E-state index contributed by atoms with van der Waals surface area (Å²) in [4.78, 5) is 71.6. The van der Waals surface area contributed by atoms with Gasteiger partial charge in [-0.25, -0.2) is 0 Å². The third kappa shape index (κ3) is 21.0. The zero-order chi connectivity index (χ0) is 38.6. The van der Waals surface area contributed by atoms with Crippen molar-refractivity contribution < 1.29 is 74.0 Å². The van der Waals surface area contributed by atoms with Crippen molar-refractivity contribution in [2.24, 2.45) is 29.4 Å². The van der Waals surface area contributed by atoms with Gasteiger partial charge in [-0.15, -0.1) is 0 Å². The van der Waals surface area contributed by atoms with Gasteiger partial charge in [0.2, 0.25) is 0 Å². The number of unbranched alkanes of at least 4 members (excludes halogenated alkanes) is 2. The van der Waals surface area contributed by atoms with Gasteiger partial charge in [-0.05, 0) is 50.9 Å². The predicted molar refractivity (Wildman–Crippen MR) is 178 cm³/mol. The predicted octanol–water partition coefficient (Wildman–Crippen LogP) is 2.56. The van der Waals surface area contributed by atoms with Crippen molar-refractivity contribution in [2.75, 3.05) is 0 Å². The molecular formula is C34H59NO15. The van der Waals surface area contributed by atoms with E-state index < -0.39 is 116 Å². The summed E-state index contributed by atoms with van der Waals surface area (Å²) in [6.07, 6.45) is -3.74. The maximum Gasteiger partial charge on any atom is 0.307 e. The Morgan fingerprint density at radius 2 is 1.08 bits per heavy atom. The second-order valence-corrected chi connectivity index (χ2v) is 13.6. The molecule has 0 aromatic heterocycles.